The molecule has 1 heterocycles. The number of aryl methyl sites for hydroxylation is 1. The Labute approximate surface area is 164 Å². The Morgan fingerprint density at radius 3 is 2.54 bits per heavy atom. The van der Waals surface area contributed by atoms with Crippen molar-refractivity contribution in [1.82, 2.24) is 4.98 Å². The quantitative estimate of drug-likeness (QED) is 0.407. The van der Waals surface area contributed by atoms with Gasteiger partial charge >= 0.3 is 5.97 Å². The van der Waals surface area contributed by atoms with Crippen molar-refractivity contribution in [2.24, 2.45) is 0 Å². The highest BCUT2D eigenvalue weighted by Gasteiger charge is 2.17. The smallest absolute Gasteiger partial charge is 0.350 e. The summed E-state index contributed by atoms with van der Waals surface area (Å²) in [6.07, 6.45) is 0. The van der Waals surface area contributed by atoms with Crippen molar-refractivity contribution < 1.29 is 27.8 Å². The van der Waals surface area contributed by atoms with Crippen molar-refractivity contribution in [1.29, 1.82) is 0 Å². The van der Waals surface area contributed by atoms with Crippen LogP contribution in [0, 0.1) is 18.6 Å². The zero-order valence-corrected chi connectivity index (χ0v) is 15.8. The average molecular weight is 405 g/mol. The van der Waals surface area contributed by atoms with Gasteiger partial charge in [0.1, 0.15) is 41.3 Å². The summed E-state index contributed by atoms with van der Waals surface area (Å²) in [6, 6.07) is 11.6. The van der Waals surface area contributed by atoms with Gasteiger partial charge in [-0.3, -0.25) is 0 Å². The molecule has 0 N–H and O–H groups in total. The Hall–Kier alpha value is -3.00. The number of halogens is 2. The fourth-order valence-corrected chi connectivity index (χ4v) is 3.16. The lowest BCUT2D eigenvalue weighted by Gasteiger charge is -2.07. The summed E-state index contributed by atoms with van der Waals surface area (Å²) in [7, 11) is 0. The number of aromatic nitrogens is 1. The van der Waals surface area contributed by atoms with E-state index in [4.69, 9.17) is 14.2 Å². The van der Waals surface area contributed by atoms with Gasteiger partial charge in [-0.05, 0) is 43.3 Å². The number of carbonyl (C=O) groups is 1. The molecule has 8 heteroatoms. The molecule has 28 heavy (non-hydrogen) atoms. The molecule has 146 valence electrons. The van der Waals surface area contributed by atoms with Gasteiger partial charge in [0.25, 0.3) is 0 Å². The van der Waals surface area contributed by atoms with Crippen LogP contribution in [0.15, 0.2) is 48.5 Å². The number of para-hydroxylation sites is 1. The molecule has 0 bridgehead atoms. The number of rotatable bonds is 8. The van der Waals surface area contributed by atoms with E-state index in [9.17, 15) is 13.6 Å². The molecule has 0 saturated heterocycles. The van der Waals surface area contributed by atoms with E-state index >= 15 is 0 Å². The lowest BCUT2D eigenvalue weighted by molar-refractivity contribution is 0.0453. The van der Waals surface area contributed by atoms with E-state index in [1.165, 1.54) is 36.4 Å². The van der Waals surface area contributed by atoms with Gasteiger partial charge < -0.3 is 14.2 Å². The standard InChI is InChI=1S/C20H17F2NO4S/c1-13-19(20(24)26-11-10-25-17-5-3-2-4-16(17)22)28-18(23-13)12-27-15-8-6-14(21)7-9-15/h2-9H,10-12H2,1H3. The van der Waals surface area contributed by atoms with Crippen LogP contribution in [0.5, 0.6) is 11.5 Å². The van der Waals surface area contributed by atoms with Crippen LogP contribution in [0.1, 0.15) is 20.4 Å². The fraction of sp³-hybridized carbons (Fsp3) is 0.200. The molecule has 0 aliphatic rings. The monoisotopic (exact) mass is 405 g/mol. The highest BCUT2D eigenvalue weighted by Crippen LogP contribution is 2.21. The van der Waals surface area contributed by atoms with E-state index in [2.05, 4.69) is 4.98 Å². The first-order valence-electron chi connectivity index (χ1n) is 8.42. The second-order valence-corrected chi connectivity index (χ2v) is 6.76. The van der Waals surface area contributed by atoms with Crippen LogP contribution in [-0.4, -0.2) is 24.2 Å². The molecule has 3 aromatic rings. The van der Waals surface area contributed by atoms with Crippen molar-refractivity contribution in [3.8, 4) is 11.5 Å². The lowest BCUT2D eigenvalue weighted by atomic mass is 10.3. The van der Waals surface area contributed by atoms with Gasteiger partial charge in [-0.15, -0.1) is 11.3 Å². The molecule has 0 amide bonds. The summed E-state index contributed by atoms with van der Waals surface area (Å²) in [5.74, 6) is -0.740. The second kappa shape index (κ2) is 9.27. The Morgan fingerprint density at radius 2 is 1.79 bits per heavy atom. The van der Waals surface area contributed by atoms with E-state index in [-0.39, 0.29) is 31.4 Å². The molecule has 0 spiro atoms. The Bertz CT molecular complexity index is 944. The molecular weight excluding hydrogens is 388 g/mol. The number of benzene rings is 2. The van der Waals surface area contributed by atoms with E-state index in [1.807, 2.05) is 0 Å². The predicted molar refractivity (Wildman–Crippen MR) is 99.8 cm³/mol. The summed E-state index contributed by atoms with van der Waals surface area (Å²) >= 11 is 1.16. The number of thiazole rings is 1. The first-order chi connectivity index (χ1) is 13.5. The Morgan fingerprint density at radius 1 is 1.04 bits per heavy atom. The number of hydrogen-bond donors (Lipinski definition) is 0. The van der Waals surface area contributed by atoms with Crippen molar-refractivity contribution >= 4 is 17.3 Å². The normalized spacial score (nSPS) is 10.5. The average Bonchev–Trinajstić information content (AvgIpc) is 3.06. The molecule has 0 aliphatic heterocycles. The molecule has 5 nitrogen and oxygen atoms in total. The molecular formula is C20H17F2NO4S. The minimum Gasteiger partial charge on any atom is -0.487 e. The van der Waals surface area contributed by atoms with Crippen LogP contribution >= 0.6 is 11.3 Å². The van der Waals surface area contributed by atoms with Crippen LogP contribution in [0.2, 0.25) is 0 Å². The Balaban J connectivity index is 1.48. The van der Waals surface area contributed by atoms with E-state index in [0.717, 1.165) is 11.3 Å². The number of hydrogen-bond acceptors (Lipinski definition) is 6. The number of ether oxygens (including phenoxy) is 3. The van der Waals surface area contributed by atoms with Crippen molar-refractivity contribution in [3.63, 3.8) is 0 Å². The highest BCUT2D eigenvalue weighted by molar-refractivity contribution is 7.13. The zero-order chi connectivity index (χ0) is 19.9. The summed E-state index contributed by atoms with van der Waals surface area (Å²) in [5.41, 5.74) is 0.530. The first kappa shape index (κ1) is 19.8. The van der Waals surface area contributed by atoms with Crippen LogP contribution in [0.3, 0.4) is 0 Å². The largest absolute Gasteiger partial charge is 0.487 e. The zero-order valence-electron chi connectivity index (χ0n) is 15.0. The van der Waals surface area contributed by atoms with Gasteiger partial charge in [0.05, 0.1) is 5.69 Å². The molecule has 0 unspecified atom stereocenters. The van der Waals surface area contributed by atoms with Gasteiger partial charge in [-0.1, -0.05) is 12.1 Å². The van der Waals surface area contributed by atoms with Crippen LogP contribution in [-0.2, 0) is 11.3 Å². The van der Waals surface area contributed by atoms with Crippen LogP contribution in [0.4, 0.5) is 8.78 Å². The lowest BCUT2D eigenvalue weighted by Crippen LogP contribution is -2.12. The maximum atomic E-state index is 13.4. The molecule has 0 atom stereocenters. The molecule has 0 radical (unpaired) electrons. The third-order valence-electron chi connectivity index (χ3n) is 3.61. The second-order valence-electron chi connectivity index (χ2n) is 5.68. The number of nitrogens with zero attached hydrogens (tertiary/aromatic N) is 1. The third-order valence-corrected chi connectivity index (χ3v) is 4.72. The van der Waals surface area contributed by atoms with E-state index in [1.54, 1.807) is 19.1 Å². The molecule has 2 aromatic carbocycles. The SMILES string of the molecule is Cc1nc(COc2ccc(F)cc2)sc1C(=O)OCCOc1ccccc1F. The molecule has 0 saturated carbocycles. The van der Waals surface area contributed by atoms with E-state index < -0.39 is 11.8 Å². The van der Waals surface area contributed by atoms with E-state index in [0.29, 0.717) is 21.3 Å². The highest BCUT2D eigenvalue weighted by atomic mass is 32.1. The van der Waals surface area contributed by atoms with Gasteiger partial charge in [0, 0.05) is 0 Å². The Kier molecular flexibility index (Phi) is 6.54. The maximum Gasteiger partial charge on any atom is 0.350 e. The maximum absolute atomic E-state index is 13.4. The van der Waals surface area contributed by atoms with Gasteiger partial charge in [0.15, 0.2) is 11.6 Å². The summed E-state index contributed by atoms with van der Waals surface area (Å²) < 4.78 is 42.3. The first-order valence-corrected chi connectivity index (χ1v) is 9.23. The summed E-state index contributed by atoms with van der Waals surface area (Å²) in [5, 5.41) is 0.594. The molecule has 0 aliphatic carbocycles. The number of esters is 1. The summed E-state index contributed by atoms with van der Waals surface area (Å²) in [4.78, 5) is 16.9. The molecule has 3 rings (SSSR count). The fourth-order valence-electron chi connectivity index (χ4n) is 2.29. The topological polar surface area (TPSA) is 57.7 Å². The van der Waals surface area contributed by atoms with Crippen molar-refractivity contribution in [2.45, 2.75) is 13.5 Å². The van der Waals surface area contributed by atoms with Gasteiger partial charge in [-0.25, -0.2) is 18.6 Å². The summed E-state index contributed by atoms with van der Waals surface area (Å²) in [6.45, 7) is 1.86. The molecule has 0 fully saturated rings. The van der Waals surface area contributed by atoms with Crippen molar-refractivity contribution in [2.75, 3.05) is 13.2 Å². The number of carbonyl (C=O) groups excluding carboxylic acids is 1. The van der Waals surface area contributed by atoms with Crippen molar-refractivity contribution in [3.05, 3.63) is 75.7 Å². The van der Waals surface area contributed by atoms with Gasteiger partial charge in [-0.2, -0.15) is 0 Å². The predicted octanol–water partition coefficient (Wildman–Crippen LogP) is 4.54. The van der Waals surface area contributed by atoms with Gasteiger partial charge in [0.2, 0.25) is 0 Å². The van der Waals surface area contributed by atoms with Crippen LogP contribution in [0.25, 0.3) is 0 Å². The molecule has 1 aromatic heterocycles. The van der Waals surface area contributed by atoms with Crippen LogP contribution < -0.4 is 9.47 Å². The third kappa shape index (κ3) is 5.26. The minimum absolute atomic E-state index is 0.0219. The minimum atomic E-state index is -0.528.